The summed E-state index contributed by atoms with van der Waals surface area (Å²) in [6.45, 7) is 6.53. The number of hydrogen-bond donors (Lipinski definition) is 1. The van der Waals surface area contributed by atoms with Crippen LogP contribution < -0.4 is 5.32 Å². The highest BCUT2D eigenvalue weighted by Crippen LogP contribution is 2.18. The topological polar surface area (TPSA) is 79.0 Å². The molecule has 1 atom stereocenters. The first kappa shape index (κ1) is 15.8. The van der Waals surface area contributed by atoms with Crippen molar-refractivity contribution in [2.45, 2.75) is 51.3 Å². The van der Waals surface area contributed by atoms with E-state index < -0.39 is 5.60 Å². The number of carbonyl (C=O) groups excluding carboxylic acids is 3. The van der Waals surface area contributed by atoms with Gasteiger partial charge < -0.3 is 9.64 Å². The molecule has 2 saturated heterocycles. The molecule has 2 rings (SSSR count). The van der Waals surface area contributed by atoms with Crippen molar-refractivity contribution in [3.63, 3.8) is 0 Å². The fourth-order valence-corrected chi connectivity index (χ4v) is 2.41. The Morgan fingerprint density at radius 2 is 1.90 bits per heavy atom. The molecule has 3 amide bonds. The van der Waals surface area contributed by atoms with Crippen molar-refractivity contribution in [1.29, 1.82) is 0 Å². The Bertz CT molecular complexity index is 452. The second kappa shape index (κ2) is 5.63. The fourth-order valence-electron chi connectivity index (χ4n) is 2.41. The van der Waals surface area contributed by atoms with Crippen LogP contribution in [0.3, 0.4) is 0 Å². The number of hydrogen-bond acceptors (Lipinski definition) is 5. The van der Waals surface area contributed by atoms with Crippen LogP contribution in [-0.2, 0) is 14.3 Å². The van der Waals surface area contributed by atoms with E-state index in [-0.39, 0.29) is 30.0 Å². The van der Waals surface area contributed by atoms with E-state index in [2.05, 4.69) is 5.32 Å². The van der Waals surface area contributed by atoms with Gasteiger partial charge in [-0.1, -0.05) is 0 Å². The molecular weight excluding hydrogens is 274 g/mol. The molecule has 0 aromatic rings. The molecule has 0 aliphatic carbocycles. The molecule has 1 N–H and O–H groups in total. The normalized spacial score (nSPS) is 24.1. The first-order valence-corrected chi connectivity index (χ1v) is 7.22. The second-order valence-corrected chi connectivity index (χ2v) is 6.63. The fraction of sp³-hybridized carbons (Fsp3) is 0.786. The van der Waals surface area contributed by atoms with Crippen molar-refractivity contribution in [2.24, 2.45) is 0 Å². The average molecular weight is 297 g/mol. The maximum Gasteiger partial charge on any atom is 0.410 e. The van der Waals surface area contributed by atoms with E-state index in [1.807, 2.05) is 20.8 Å². The highest BCUT2D eigenvalue weighted by atomic mass is 16.6. The van der Waals surface area contributed by atoms with Gasteiger partial charge in [-0.2, -0.15) is 0 Å². The van der Waals surface area contributed by atoms with E-state index >= 15 is 0 Å². The number of rotatable bonds is 2. The Labute approximate surface area is 124 Å². The van der Waals surface area contributed by atoms with Crippen LogP contribution in [0.5, 0.6) is 0 Å². The summed E-state index contributed by atoms with van der Waals surface area (Å²) in [4.78, 5) is 37.9. The third-order valence-corrected chi connectivity index (χ3v) is 3.62. The molecule has 2 aliphatic heterocycles. The van der Waals surface area contributed by atoms with Crippen molar-refractivity contribution in [1.82, 2.24) is 15.1 Å². The first-order chi connectivity index (χ1) is 9.67. The molecule has 0 bridgehead atoms. The quantitative estimate of drug-likeness (QED) is 0.744. The number of piperidine rings is 1. The summed E-state index contributed by atoms with van der Waals surface area (Å²) in [5.41, 5.74) is -0.502. The molecule has 2 aliphatic rings. The Morgan fingerprint density at radius 3 is 2.48 bits per heavy atom. The van der Waals surface area contributed by atoms with Gasteiger partial charge in [0.15, 0.2) is 0 Å². The minimum Gasteiger partial charge on any atom is -0.444 e. The number of carbonyl (C=O) groups is 3. The molecule has 2 fully saturated rings. The molecule has 1 unspecified atom stereocenters. The van der Waals surface area contributed by atoms with Crippen LogP contribution in [0.25, 0.3) is 0 Å². The standard InChI is InChI=1S/C14H23N3O4/c1-14(2,3)21-13(20)17-7-9(8-17)15-10-5-6-11(18)16(4)12(10)19/h9-10,15H,5-8H2,1-4H3. The molecule has 2 heterocycles. The zero-order valence-electron chi connectivity index (χ0n) is 13.0. The van der Waals surface area contributed by atoms with E-state index in [0.29, 0.717) is 25.9 Å². The lowest BCUT2D eigenvalue weighted by Gasteiger charge is -2.42. The minimum atomic E-state index is -0.502. The van der Waals surface area contributed by atoms with E-state index in [1.54, 1.807) is 4.90 Å². The van der Waals surface area contributed by atoms with E-state index in [0.717, 1.165) is 0 Å². The van der Waals surface area contributed by atoms with Crippen LogP contribution in [0.4, 0.5) is 4.79 Å². The number of amides is 3. The highest BCUT2D eigenvalue weighted by molar-refractivity contribution is 6.00. The number of ether oxygens (including phenoxy) is 1. The average Bonchev–Trinajstić information content (AvgIpc) is 2.30. The maximum absolute atomic E-state index is 12.0. The molecule has 0 radical (unpaired) electrons. The molecule has 0 spiro atoms. The van der Waals surface area contributed by atoms with Gasteiger partial charge in [0, 0.05) is 32.6 Å². The van der Waals surface area contributed by atoms with E-state index in [1.165, 1.54) is 11.9 Å². The van der Waals surface area contributed by atoms with Crippen LogP contribution >= 0.6 is 0 Å². The molecule has 0 saturated carbocycles. The largest absolute Gasteiger partial charge is 0.444 e. The second-order valence-electron chi connectivity index (χ2n) is 6.63. The molecule has 21 heavy (non-hydrogen) atoms. The number of nitrogens with zero attached hydrogens (tertiary/aromatic N) is 2. The Balaban J connectivity index is 1.77. The summed E-state index contributed by atoms with van der Waals surface area (Å²) in [6, 6.07) is -0.258. The molecule has 7 heteroatoms. The molecule has 0 aromatic heterocycles. The van der Waals surface area contributed by atoms with Gasteiger partial charge in [-0.05, 0) is 27.2 Å². The van der Waals surface area contributed by atoms with Gasteiger partial charge in [0.1, 0.15) is 5.60 Å². The van der Waals surface area contributed by atoms with Crippen molar-refractivity contribution >= 4 is 17.9 Å². The summed E-state index contributed by atoms with van der Waals surface area (Å²) in [6.07, 6.45) is 0.565. The van der Waals surface area contributed by atoms with Crippen LogP contribution in [-0.4, -0.2) is 65.5 Å². The summed E-state index contributed by atoms with van der Waals surface area (Å²) in [5.74, 6) is -0.330. The van der Waals surface area contributed by atoms with Crippen molar-refractivity contribution in [3.8, 4) is 0 Å². The van der Waals surface area contributed by atoms with Crippen LogP contribution in [0, 0.1) is 0 Å². The van der Waals surface area contributed by atoms with Gasteiger partial charge in [-0.3, -0.25) is 19.8 Å². The molecule has 7 nitrogen and oxygen atoms in total. The van der Waals surface area contributed by atoms with Gasteiger partial charge in [0.05, 0.1) is 6.04 Å². The van der Waals surface area contributed by atoms with Gasteiger partial charge >= 0.3 is 6.09 Å². The number of imide groups is 1. The third-order valence-electron chi connectivity index (χ3n) is 3.62. The monoisotopic (exact) mass is 297 g/mol. The smallest absolute Gasteiger partial charge is 0.410 e. The maximum atomic E-state index is 12.0. The van der Waals surface area contributed by atoms with Crippen LogP contribution in [0.15, 0.2) is 0 Å². The molecular formula is C14H23N3O4. The number of likely N-dealkylation sites (N-methyl/N-ethyl adjacent to an activating group) is 1. The van der Waals surface area contributed by atoms with Crippen molar-refractivity contribution < 1.29 is 19.1 Å². The van der Waals surface area contributed by atoms with Crippen molar-refractivity contribution in [2.75, 3.05) is 20.1 Å². The van der Waals surface area contributed by atoms with E-state index in [4.69, 9.17) is 4.74 Å². The zero-order chi connectivity index (χ0) is 15.8. The van der Waals surface area contributed by atoms with Crippen LogP contribution in [0.1, 0.15) is 33.6 Å². The number of likely N-dealkylation sites (tertiary alicyclic amines) is 2. The summed E-state index contributed by atoms with van der Waals surface area (Å²) < 4.78 is 5.27. The molecule has 118 valence electrons. The lowest BCUT2D eigenvalue weighted by atomic mass is 10.0. The SMILES string of the molecule is CN1C(=O)CCC(NC2CN(C(=O)OC(C)(C)C)C2)C1=O. The minimum absolute atomic E-state index is 0.0769. The Kier molecular flexibility index (Phi) is 4.22. The lowest BCUT2D eigenvalue weighted by Crippen LogP contribution is -2.65. The lowest BCUT2D eigenvalue weighted by molar-refractivity contribution is -0.148. The summed E-state index contributed by atoms with van der Waals surface area (Å²) in [5, 5.41) is 3.21. The van der Waals surface area contributed by atoms with Crippen LogP contribution in [0.2, 0.25) is 0 Å². The Hall–Kier alpha value is -1.63. The van der Waals surface area contributed by atoms with Gasteiger partial charge in [0.25, 0.3) is 0 Å². The predicted molar refractivity (Wildman–Crippen MR) is 75.5 cm³/mol. The van der Waals surface area contributed by atoms with Crippen molar-refractivity contribution in [3.05, 3.63) is 0 Å². The van der Waals surface area contributed by atoms with Gasteiger partial charge in [-0.15, -0.1) is 0 Å². The number of nitrogens with one attached hydrogen (secondary N) is 1. The predicted octanol–water partition coefficient (Wildman–Crippen LogP) is 0.343. The highest BCUT2D eigenvalue weighted by Gasteiger charge is 2.38. The Morgan fingerprint density at radius 1 is 1.29 bits per heavy atom. The summed E-state index contributed by atoms with van der Waals surface area (Å²) >= 11 is 0. The third kappa shape index (κ3) is 3.72. The molecule has 0 aromatic carbocycles. The van der Waals surface area contributed by atoms with E-state index in [9.17, 15) is 14.4 Å². The summed E-state index contributed by atoms with van der Waals surface area (Å²) in [7, 11) is 1.51. The van der Waals surface area contributed by atoms with Gasteiger partial charge in [-0.25, -0.2) is 4.79 Å². The zero-order valence-corrected chi connectivity index (χ0v) is 13.0. The van der Waals surface area contributed by atoms with Gasteiger partial charge in [0.2, 0.25) is 11.8 Å². The first-order valence-electron chi connectivity index (χ1n) is 7.22.